The van der Waals surface area contributed by atoms with Gasteiger partial charge in [-0.05, 0) is 30.3 Å². The van der Waals surface area contributed by atoms with E-state index in [1.165, 1.54) is 24.4 Å². The van der Waals surface area contributed by atoms with Crippen molar-refractivity contribution in [3.63, 3.8) is 0 Å². The molecule has 0 aliphatic rings. The zero-order chi connectivity index (χ0) is 16.2. The molecule has 0 radical (unpaired) electrons. The number of halogens is 3. The second-order valence-electron chi connectivity index (χ2n) is 4.48. The van der Waals surface area contributed by atoms with Crippen LogP contribution in [0.5, 0.6) is 5.75 Å². The molecule has 22 heavy (non-hydrogen) atoms. The lowest BCUT2D eigenvalue weighted by molar-refractivity contribution is -0.140. The van der Waals surface area contributed by atoms with Crippen LogP contribution in [0.1, 0.15) is 17.2 Å². The molecule has 1 aromatic heterocycles. The highest BCUT2D eigenvalue weighted by Crippen LogP contribution is 2.31. The van der Waals surface area contributed by atoms with Crippen LogP contribution in [0.3, 0.4) is 0 Å². The van der Waals surface area contributed by atoms with Gasteiger partial charge in [0.2, 0.25) is 0 Å². The number of carboxylic acids is 1. The predicted octanol–water partition coefficient (Wildman–Crippen LogP) is 3.35. The molecule has 0 aliphatic carbocycles. The number of rotatable bonds is 5. The van der Waals surface area contributed by atoms with Crippen molar-refractivity contribution in [2.24, 2.45) is 0 Å². The van der Waals surface area contributed by atoms with Gasteiger partial charge in [0, 0.05) is 6.20 Å². The number of carboxylic acid groups (broad SMARTS) is 1. The molecule has 0 saturated carbocycles. The third kappa shape index (κ3) is 3.97. The van der Waals surface area contributed by atoms with Crippen LogP contribution in [-0.4, -0.2) is 22.7 Å². The summed E-state index contributed by atoms with van der Waals surface area (Å²) >= 11 is 0. The number of alkyl halides is 3. The lowest BCUT2D eigenvalue weighted by Gasteiger charge is -2.14. The van der Waals surface area contributed by atoms with Crippen molar-refractivity contribution >= 4 is 5.97 Å². The van der Waals surface area contributed by atoms with E-state index in [2.05, 4.69) is 4.98 Å². The minimum atomic E-state index is -4.48. The Balaban J connectivity index is 2.12. The summed E-state index contributed by atoms with van der Waals surface area (Å²) in [7, 11) is 0. The number of benzene rings is 1. The van der Waals surface area contributed by atoms with Crippen LogP contribution in [0, 0.1) is 0 Å². The first kappa shape index (κ1) is 15.8. The molecule has 1 N–H and O–H groups in total. The summed E-state index contributed by atoms with van der Waals surface area (Å²) in [6.07, 6.45) is -3.04. The molecule has 0 amide bonds. The first-order valence-corrected chi connectivity index (χ1v) is 6.31. The molecule has 116 valence electrons. The van der Waals surface area contributed by atoms with Gasteiger partial charge in [-0.3, -0.25) is 9.78 Å². The summed E-state index contributed by atoms with van der Waals surface area (Å²) in [5.74, 6) is -2.27. The Bertz CT molecular complexity index is 644. The molecule has 7 heteroatoms. The largest absolute Gasteiger partial charge is 0.492 e. The normalized spacial score (nSPS) is 12.7. The third-order valence-corrected chi connectivity index (χ3v) is 2.92. The van der Waals surface area contributed by atoms with E-state index in [4.69, 9.17) is 4.74 Å². The number of ether oxygens (including phenoxy) is 1. The zero-order valence-electron chi connectivity index (χ0n) is 11.2. The maximum atomic E-state index is 12.6. The maximum Gasteiger partial charge on any atom is 0.416 e. The molecule has 1 heterocycles. The van der Waals surface area contributed by atoms with Crippen molar-refractivity contribution < 1.29 is 27.8 Å². The number of pyridine rings is 1. The SMILES string of the molecule is O=C(O)C(COc1cccc(C(F)(F)F)c1)c1ccccn1. The second-order valence-corrected chi connectivity index (χ2v) is 4.48. The van der Waals surface area contributed by atoms with Gasteiger partial charge in [0.15, 0.2) is 0 Å². The Hall–Kier alpha value is -2.57. The van der Waals surface area contributed by atoms with Crippen LogP contribution >= 0.6 is 0 Å². The maximum absolute atomic E-state index is 12.6. The number of aromatic nitrogens is 1. The molecule has 0 bridgehead atoms. The third-order valence-electron chi connectivity index (χ3n) is 2.92. The van der Waals surface area contributed by atoms with Crippen LogP contribution < -0.4 is 4.74 Å². The van der Waals surface area contributed by atoms with Crippen LogP contribution in [0.15, 0.2) is 48.7 Å². The molecular formula is C15H12F3NO3. The minimum Gasteiger partial charge on any atom is -0.492 e. The average molecular weight is 311 g/mol. The monoisotopic (exact) mass is 311 g/mol. The number of nitrogens with zero attached hydrogens (tertiary/aromatic N) is 1. The lowest BCUT2D eigenvalue weighted by Crippen LogP contribution is -2.20. The van der Waals surface area contributed by atoms with Crippen molar-refractivity contribution in [1.29, 1.82) is 0 Å². The molecule has 0 fully saturated rings. The van der Waals surface area contributed by atoms with E-state index >= 15 is 0 Å². The minimum absolute atomic E-state index is 0.0444. The Morgan fingerprint density at radius 3 is 2.59 bits per heavy atom. The second kappa shape index (κ2) is 6.46. The fraction of sp³-hybridized carbons (Fsp3) is 0.200. The molecule has 4 nitrogen and oxygen atoms in total. The van der Waals surface area contributed by atoms with Gasteiger partial charge in [-0.15, -0.1) is 0 Å². The Kier molecular flexibility index (Phi) is 4.65. The summed E-state index contributed by atoms with van der Waals surface area (Å²) in [6.45, 7) is -0.312. The van der Waals surface area contributed by atoms with Gasteiger partial charge >= 0.3 is 12.1 Å². The summed E-state index contributed by atoms with van der Waals surface area (Å²) < 4.78 is 43.0. The van der Waals surface area contributed by atoms with Gasteiger partial charge in [0.25, 0.3) is 0 Å². The molecular weight excluding hydrogens is 299 g/mol. The van der Waals surface area contributed by atoms with E-state index in [9.17, 15) is 23.1 Å². The van der Waals surface area contributed by atoms with Crippen molar-refractivity contribution in [2.45, 2.75) is 12.1 Å². The van der Waals surface area contributed by atoms with E-state index in [-0.39, 0.29) is 18.1 Å². The van der Waals surface area contributed by atoms with Gasteiger partial charge in [0.05, 0.1) is 11.3 Å². The molecule has 0 saturated heterocycles. The molecule has 0 spiro atoms. The highest BCUT2D eigenvalue weighted by Gasteiger charge is 2.30. The fourth-order valence-corrected chi connectivity index (χ4v) is 1.81. The van der Waals surface area contributed by atoms with Crippen molar-refractivity contribution in [2.75, 3.05) is 6.61 Å². The molecule has 2 rings (SSSR count). The fourth-order valence-electron chi connectivity index (χ4n) is 1.81. The van der Waals surface area contributed by atoms with Crippen LogP contribution in [0.25, 0.3) is 0 Å². The van der Waals surface area contributed by atoms with Gasteiger partial charge in [-0.25, -0.2) is 0 Å². The first-order chi connectivity index (χ1) is 10.4. The van der Waals surface area contributed by atoms with Crippen molar-refractivity contribution in [3.05, 3.63) is 59.9 Å². The smallest absolute Gasteiger partial charge is 0.416 e. The lowest BCUT2D eigenvalue weighted by atomic mass is 10.1. The standard InChI is InChI=1S/C15H12F3NO3/c16-15(17,18)10-4-3-5-11(8-10)22-9-12(14(20)21)13-6-1-2-7-19-13/h1-8,12H,9H2,(H,20,21). The van der Waals surface area contributed by atoms with Crippen LogP contribution in [0.4, 0.5) is 13.2 Å². The quantitative estimate of drug-likeness (QED) is 0.920. The average Bonchev–Trinajstić information content (AvgIpc) is 2.48. The zero-order valence-corrected chi connectivity index (χ0v) is 11.2. The molecule has 1 atom stereocenters. The molecule has 1 aromatic carbocycles. The first-order valence-electron chi connectivity index (χ1n) is 6.31. The van der Waals surface area contributed by atoms with E-state index in [0.717, 1.165) is 12.1 Å². The number of hydrogen-bond acceptors (Lipinski definition) is 3. The van der Waals surface area contributed by atoms with E-state index in [0.29, 0.717) is 0 Å². The van der Waals surface area contributed by atoms with Crippen molar-refractivity contribution in [1.82, 2.24) is 4.98 Å². The van der Waals surface area contributed by atoms with E-state index in [1.54, 1.807) is 12.1 Å². The van der Waals surface area contributed by atoms with Gasteiger partial charge in [-0.2, -0.15) is 13.2 Å². The van der Waals surface area contributed by atoms with Gasteiger partial charge in [-0.1, -0.05) is 12.1 Å². The number of hydrogen-bond donors (Lipinski definition) is 1. The highest BCUT2D eigenvalue weighted by atomic mass is 19.4. The topological polar surface area (TPSA) is 59.4 Å². The number of carbonyl (C=O) groups is 1. The van der Waals surface area contributed by atoms with Crippen molar-refractivity contribution in [3.8, 4) is 5.75 Å². The molecule has 1 unspecified atom stereocenters. The van der Waals surface area contributed by atoms with Gasteiger partial charge < -0.3 is 9.84 Å². The molecule has 0 aliphatic heterocycles. The predicted molar refractivity (Wildman–Crippen MR) is 71.6 cm³/mol. The van der Waals surface area contributed by atoms with Crippen LogP contribution in [0.2, 0.25) is 0 Å². The highest BCUT2D eigenvalue weighted by molar-refractivity contribution is 5.75. The van der Waals surface area contributed by atoms with E-state index < -0.39 is 23.6 Å². The summed E-state index contributed by atoms with van der Waals surface area (Å²) in [5.41, 5.74) is -0.573. The Labute approximate surface area is 124 Å². The van der Waals surface area contributed by atoms with E-state index in [1.807, 2.05) is 0 Å². The summed E-state index contributed by atoms with van der Waals surface area (Å²) in [4.78, 5) is 15.2. The Morgan fingerprint density at radius 2 is 2.00 bits per heavy atom. The summed E-state index contributed by atoms with van der Waals surface area (Å²) in [5, 5.41) is 9.19. The van der Waals surface area contributed by atoms with Crippen LogP contribution in [-0.2, 0) is 11.0 Å². The van der Waals surface area contributed by atoms with Gasteiger partial charge in [0.1, 0.15) is 18.3 Å². The Morgan fingerprint density at radius 1 is 1.23 bits per heavy atom. The summed E-state index contributed by atoms with van der Waals surface area (Å²) in [6, 6.07) is 9.08. The molecule has 2 aromatic rings. The number of aliphatic carboxylic acids is 1.